The number of hydrogen-bond acceptors (Lipinski definition) is 2. The van der Waals surface area contributed by atoms with Gasteiger partial charge in [-0.05, 0) is 42.1 Å². The van der Waals surface area contributed by atoms with Crippen molar-refractivity contribution in [2.45, 2.75) is 26.8 Å². The molecule has 0 saturated carbocycles. The fourth-order valence-corrected chi connectivity index (χ4v) is 3.58. The second-order valence-electron chi connectivity index (χ2n) is 5.42. The molecule has 0 fully saturated rings. The van der Waals surface area contributed by atoms with Crippen LogP contribution in [0.1, 0.15) is 31.7 Å². The summed E-state index contributed by atoms with van der Waals surface area (Å²) in [7, 11) is 1.97. The minimum Gasteiger partial charge on any atom is -0.312 e. The third-order valence-electron chi connectivity index (χ3n) is 2.94. The van der Waals surface area contributed by atoms with Gasteiger partial charge in [0.05, 0.1) is 0 Å². The molecule has 0 saturated heterocycles. The first-order valence-corrected chi connectivity index (χ1v) is 6.60. The predicted octanol–water partition coefficient (Wildman–Crippen LogP) is 4.35. The van der Waals surface area contributed by atoms with Crippen molar-refractivity contribution in [1.29, 1.82) is 0 Å². The van der Waals surface area contributed by atoms with Gasteiger partial charge in [0, 0.05) is 15.6 Å². The molecule has 1 aromatic heterocycles. The highest BCUT2D eigenvalue weighted by Crippen LogP contribution is 2.38. The monoisotopic (exact) mass is 251 g/mol. The van der Waals surface area contributed by atoms with Crippen LogP contribution in [0.3, 0.4) is 0 Å². The number of thiophene rings is 1. The summed E-state index contributed by atoms with van der Waals surface area (Å²) in [5, 5.41) is 4.35. The van der Waals surface area contributed by atoms with Crippen molar-refractivity contribution in [3.8, 4) is 0 Å². The second kappa shape index (κ2) is 4.39. The Morgan fingerprint density at radius 3 is 2.53 bits per heavy atom. The van der Waals surface area contributed by atoms with Gasteiger partial charge in [-0.3, -0.25) is 0 Å². The van der Waals surface area contributed by atoms with Crippen LogP contribution < -0.4 is 5.32 Å². The molecule has 3 heteroatoms. The molecule has 0 aliphatic heterocycles. The van der Waals surface area contributed by atoms with E-state index in [0.717, 1.165) is 10.1 Å². The quantitative estimate of drug-likeness (QED) is 0.837. The van der Waals surface area contributed by atoms with Crippen molar-refractivity contribution in [3.63, 3.8) is 0 Å². The van der Waals surface area contributed by atoms with Crippen LogP contribution in [0.15, 0.2) is 24.3 Å². The van der Waals surface area contributed by atoms with Gasteiger partial charge in [-0.15, -0.1) is 11.3 Å². The molecule has 0 aliphatic rings. The third kappa shape index (κ3) is 2.50. The smallest absolute Gasteiger partial charge is 0.123 e. The van der Waals surface area contributed by atoms with E-state index in [2.05, 4.69) is 32.2 Å². The molecule has 2 aromatic rings. The maximum atomic E-state index is 13.2. The Bertz CT molecular complexity index is 524. The summed E-state index contributed by atoms with van der Waals surface area (Å²) < 4.78 is 14.3. The lowest BCUT2D eigenvalue weighted by Gasteiger charge is -2.29. The highest BCUT2D eigenvalue weighted by molar-refractivity contribution is 7.19. The number of hydrogen-bond donors (Lipinski definition) is 1. The fraction of sp³-hybridized carbons (Fsp3) is 0.429. The van der Waals surface area contributed by atoms with E-state index in [-0.39, 0.29) is 11.2 Å². The van der Waals surface area contributed by atoms with E-state index in [1.165, 1.54) is 10.9 Å². The summed E-state index contributed by atoms with van der Waals surface area (Å²) in [5.74, 6) is -0.168. The van der Waals surface area contributed by atoms with Crippen LogP contribution in [-0.4, -0.2) is 7.05 Å². The Morgan fingerprint density at radius 1 is 1.24 bits per heavy atom. The van der Waals surface area contributed by atoms with Gasteiger partial charge < -0.3 is 5.32 Å². The van der Waals surface area contributed by atoms with Crippen LogP contribution in [0, 0.1) is 11.2 Å². The zero-order chi connectivity index (χ0) is 12.6. The van der Waals surface area contributed by atoms with E-state index in [9.17, 15) is 4.39 Å². The Hall–Kier alpha value is -0.930. The standard InChI is InChI=1S/C14H18FNS/c1-14(2,3)13(16-4)12-8-9-7-10(15)5-6-11(9)17-12/h5-8,13,16H,1-4H3. The molecule has 1 aromatic carbocycles. The van der Waals surface area contributed by atoms with E-state index < -0.39 is 0 Å². The van der Waals surface area contributed by atoms with Crippen molar-refractivity contribution in [2.24, 2.45) is 5.41 Å². The van der Waals surface area contributed by atoms with E-state index in [0.29, 0.717) is 6.04 Å². The van der Waals surface area contributed by atoms with E-state index in [1.807, 2.05) is 13.1 Å². The molecule has 0 bridgehead atoms. The SMILES string of the molecule is CNC(c1cc2cc(F)ccc2s1)C(C)(C)C. The maximum absolute atomic E-state index is 13.2. The zero-order valence-electron chi connectivity index (χ0n) is 10.7. The van der Waals surface area contributed by atoms with Crippen LogP contribution in [0.5, 0.6) is 0 Å². The van der Waals surface area contributed by atoms with Gasteiger partial charge in [0.25, 0.3) is 0 Å². The lowest BCUT2D eigenvalue weighted by Crippen LogP contribution is -2.28. The average Bonchev–Trinajstić information content (AvgIpc) is 2.58. The van der Waals surface area contributed by atoms with Crippen LogP contribution in [0.2, 0.25) is 0 Å². The third-order valence-corrected chi connectivity index (χ3v) is 4.12. The Kier molecular flexibility index (Phi) is 3.23. The second-order valence-corrected chi connectivity index (χ2v) is 6.53. The molecule has 0 spiro atoms. The lowest BCUT2D eigenvalue weighted by atomic mass is 9.86. The van der Waals surface area contributed by atoms with Crippen molar-refractivity contribution in [1.82, 2.24) is 5.32 Å². The van der Waals surface area contributed by atoms with Crippen LogP contribution in [0.25, 0.3) is 10.1 Å². The van der Waals surface area contributed by atoms with Crippen LogP contribution in [0.4, 0.5) is 4.39 Å². The van der Waals surface area contributed by atoms with E-state index >= 15 is 0 Å². The Labute approximate surface area is 106 Å². The van der Waals surface area contributed by atoms with Crippen molar-refractivity contribution < 1.29 is 4.39 Å². The summed E-state index contributed by atoms with van der Waals surface area (Å²) in [6, 6.07) is 7.37. The minimum absolute atomic E-state index is 0.147. The van der Waals surface area contributed by atoms with Crippen LogP contribution in [-0.2, 0) is 0 Å². The first-order valence-electron chi connectivity index (χ1n) is 5.78. The van der Waals surface area contributed by atoms with Crippen LogP contribution >= 0.6 is 11.3 Å². The molecule has 1 atom stereocenters. The molecule has 0 amide bonds. The van der Waals surface area contributed by atoms with Gasteiger partial charge in [-0.25, -0.2) is 4.39 Å². The number of nitrogens with one attached hydrogen (secondary N) is 1. The molecule has 1 N–H and O–H groups in total. The topological polar surface area (TPSA) is 12.0 Å². The van der Waals surface area contributed by atoms with Gasteiger partial charge in [0.15, 0.2) is 0 Å². The van der Waals surface area contributed by atoms with E-state index in [1.54, 1.807) is 17.4 Å². The number of fused-ring (bicyclic) bond motifs is 1. The Morgan fingerprint density at radius 2 is 1.94 bits per heavy atom. The summed E-state index contributed by atoms with van der Waals surface area (Å²) in [6.07, 6.45) is 0. The Balaban J connectivity index is 2.48. The predicted molar refractivity (Wildman–Crippen MR) is 73.0 cm³/mol. The minimum atomic E-state index is -0.168. The lowest BCUT2D eigenvalue weighted by molar-refractivity contribution is 0.291. The normalized spacial score (nSPS) is 14.2. The highest BCUT2D eigenvalue weighted by atomic mass is 32.1. The number of halogens is 1. The number of benzene rings is 1. The maximum Gasteiger partial charge on any atom is 0.123 e. The molecule has 1 nitrogen and oxygen atoms in total. The van der Waals surface area contributed by atoms with Gasteiger partial charge in [-0.2, -0.15) is 0 Å². The average molecular weight is 251 g/mol. The molecular formula is C14H18FNS. The molecule has 1 heterocycles. The van der Waals surface area contributed by atoms with Crippen molar-refractivity contribution in [3.05, 3.63) is 35.0 Å². The number of rotatable bonds is 2. The van der Waals surface area contributed by atoms with Gasteiger partial charge in [-0.1, -0.05) is 20.8 Å². The van der Waals surface area contributed by atoms with Gasteiger partial charge in [0.1, 0.15) is 5.82 Å². The molecule has 1 unspecified atom stereocenters. The van der Waals surface area contributed by atoms with Gasteiger partial charge >= 0.3 is 0 Å². The zero-order valence-corrected chi connectivity index (χ0v) is 11.5. The van der Waals surface area contributed by atoms with Crippen molar-refractivity contribution >= 4 is 21.4 Å². The molecule has 92 valence electrons. The first-order chi connectivity index (χ1) is 7.91. The largest absolute Gasteiger partial charge is 0.312 e. The summed E-state index contributed by atoms with van der Waals surface area (Å²) in [4.78, 5) is 1.26. The first kappa shape index (κ1) is 12.5. The summed E-state index contributed by atoms with van der Waals surface area (Å²) >= 11 is 1.74. The van der Waals surface area contributed by atoms with E-state index in [4.69, 9.17) is 0 Å². The molecule has 17 heavy (non-hydrogen) atoms. The molecule has 0 aliphatic carbocycles. The summed E-state index contributed by atoms with van der Waals surface area (Å²) in [5.41, 5.74) is 0.147. The fourth-order valence-electron chi connectivity index (χ4n) is 2.18. The molecule has 2 rings (SSSR count). The highest BCUT2D eigenvalue weighted by Gasteiger charge is 2.26. The van der Waals surface area contributed by atoms with Crippen molar-refractivity contribution in [2.75, 3.05) is 7.05 Å². The summed E-state index contributed by atoms with van der Waals surface area (Å²) in [6.45, 7) is 6.62. The van der Waals surface area contributed by atoms with Gasteiger partial charge in [0.2, 0.25) is 0 Å². The molecule has 0 radical (unpaired) electrons. The molecular weight excluding hydrogens is 233 g/mol.